The van der Waals surface area contributed by atoms with Crippen molar-refractivity contribution >= 4 is 17.4 Å². The van der Waals surface area contributed by atoms with E-state index in [0.717, 1.165) is 17.5 Å². The topological polar surface area (TPSA) is 66.8 Å². The Hall–Kier alpha value is -3.86. The van der Waals surface area contributed by atoms with Crippen LogP contribution in [-0.2, 0) is 16.0 Å². The van der Waals surface area contributed by atoms with Crippen LogP contribution in [0.25, 0.3) is 5.76 Å². The van der Waals surface area contributed by atoms with E-state index in [1.165, 1.54) is 5.56 Å². The van der Waals surface area contributed by atoms with Crippen LogP contribution in [0.4, 0.5) is 0 Å². The molecule has 1 unspecified atom stereocenters. The van der Waals surface area contributed by atoms with Gasteiger partial charge in [-0.3, -0.25) is 9.59 Å². The molecular formula is C31H33NO4. The number of aliphatic hydroxyl groups is 1. The Balaban J connectivity index is 1.73. The van der Waals surface area contributed by atoms with Crippen LogP contribution in [0.3, 0.4) is 0 Å². The summed E-state index contributed by atoms with van der Waals surface area (Å²) < 4.78 is 5.64. The van der Waals surface area contributed by atoms with Crippen LogP contribution in [0, 0.1) is 0 Å². The summed E-state index contributed by atoms with van der Waals surface area (Å²) in [5.41, 5.74) is 3.64. The van der Waals surface area contributed by atoms with E-state index in [1.54, 1.807) is 29.2 Å². The number of hydrogen-bond acceptors (Lipinski definition) is 4. The predicted molar refractivity (Wildman–Crippen MR) is 142 cm³/mol. The molecule has 0 spiro atoms. The molecule has 1 aliphatic rings. The lowest BCUT2D eigenvalue weighted by Gasteiger charge is -2.26. The molecule has 1 saturated heterocycles. The zero-order valence-electron chi connectivity index (χ0n) is 21.1. The molecule has 1 aliphatic heterocycles. The molecular weight excluding hydrogens is 450 g/mol. The molecule has 0 radical (unpaired) electrons. The third kappa shape index (κ3) is 5.35. The summed E-state index contributed by atoms with van der Waals surface area (Å²) in [7, 11) is 0. The summed E-state index contributed by atoms with van der Waals surface area (Å²) in [5.74, 6) is -0.372. The van der Waals surface area contributed by atoms with E-state index in [2.05, 4.69) is 13.8 Å². The number of rotatable bonds is 9. The van der Waals surface area contributed by atoms with Crippen molar-refractivity contribution in [2.75, 3.05) is 13.2 Å². The van der Waals surface area contributed by atoms with Gasteiger partial charge in [0.15, 0.2) is 0 Å². The van der Waals surface area contributed by atoms with Crippen molar-refractivity contribution in [1.82, 2.24) is 4.90 Å². The maximum Gasteiger partial charge on any atom is 0.295 e. The Morgan fingerprint density at radius 3 is 2.22 bits per heavy atom. The van der Waals surface area contributed by atoms with Crippen molar-refractivity contribution < 1.29 is 19.4 Å². The van der Waals surface area contributed by atoms with Gasteiger partial charge in [0.2, 0.25) is 0 Å². The van der Waals surface area contributed by atoms with E-state index >= 15 is 0 Å². The van der Waals surface area contributed by atoms with Crippen molar-refractivity contribution in [3.63, 3.8) is 0 Å². The number of likely N-dealkylation sites (tertiary alicyclic amines) is 1. The first-order chi connectivity index (χ1) is 17.4. The minimum atomic E-state index is -0.662. The zero-order valence-corrected chi connectivity index (χ0v) is 21.1. The molecule has 36 heavy (non-hydrogen) atoms. The SMILES string of the molecule is CCCOc1ccc(/C(O)=C2\C(=O)C(=O)N(CCc3ccccc3)C2c2ccc(C(C)C)cc2)cc1. The number of Topliss-reactive ketones (excluding diaryl/α,β-unsaturated/α-hetero) is 1. The molecule has 1 atom stereocenters. The average Bonchev–Trinajstić information content (AvgIpc) is 3.16. The van der Waals surface area contributed by atoms with Gasteiger partial charge in [0, 0.05) is 12.1 Å². The van der Waals surface area contributed by atoms with Crippen LogP contribution < -0.4 is 4.74 Å². The molecule has 1 heterocycles. The molecule has 0 bridgehead atoms. The monoisotopic (exact) mass is 483 g/mol. The fourth-order valence-electron chi connectivity index (χ4n) is 4.50. The normalized spacial score (nSPS) is 17.1. The fraction of sp³-hybridized carbons (Fsp3) is 0.290. The number of hydrogen-bond donors (Lipinski definition) is 1. The lowest BCUT2D eigenvalue weighted by molar-refractivity contribution is -0.139. The summed E-state index contributed by atoms with van der Waals surface area (Å²) in [6, 6.07) is 24.1. The van der Waals surface area contributed by atoms with E-state index in [1.807, 2.05) is 61.5 Å². The number of benzene rings is 3. The minimum absolute atomic E-state index is 0.118. The van der Waals surface area contributed by atoms with E-state index in [9.17, 15) is 14.7 Å². The molecule has 0 aliphatic carbocycles. The van der Waals surface area contributed by atoms with Gasteiger partial charge >= 0.3 is 0 Å². The molecule has 5 nitrogen and oxygen atoms in total. The van der Waals surface area contributed by atoms with Gasteiger partial charge < -0.3 is 14.7 Å². The van der Waals surface area contributed by atoms with Gasteiger partial charge in [-0.1, -0.05) is 75.4 Å². The first-order valence-electron chi connectivity index (χ1n) is 12.6. The van der Waals surface area contributed by atoms with Crippen molar-refractivity contribution in [3.05, 3.63) is 107 Å². The molecule has 1 N–H and O–H groups in total. The predicted octanol–water partition coefficient (Wildman–Crippen LogP) is 6.26. The number of ketones is 1. The lowest BCUT2D eigenvalue weighted by atomic mass is 9.93. The van der Waals surface area contributed by atoms with Gasteiger partial charge in [-0.2, -0.15) is 0 Å². The average molecular weight is 484 g/mol. The Kier molecular flexibility index (Phi) is 7.89. The summed E-state index contributed by atoms with van der Waals surface area (Å²) in [4.78, 5) is 28.1. The highest BCUT2D eigenvalue weighted by Gasteiger charge is 2.45. The number of carbonyl (C=O) groups excluding carboxylic acids is 2. The second-order valence-corrected chi connectivity index (χ2v) is 9.42. The second kappa shape index (κ2) is 11.3. The Labute approximate surface area is 213 Å². The van der Waals surface area contributed by atoms with Crippen LogP contribution in [0.1, 0.15) is 61.4 Å². The number of ether oxygens (including phenoxy) is 1. The van der Waals surface area contributed by atoms with Crippen LogP contribution in [0.5, 0.6) is 5.75 Å². The van der Waals surface area contributed by atoms with Gasteiger partial charge in [0.25, 0.3) is 11.7 Å². The molecule has 1 fully saturated rings. The van der Waals surface area contributed by atoms with Crippen molar-refractivity contribution in [3.8, 4) is 5.75 Å². The molecule has 3 aromatic rings. The number of nitrogens with zero attached hydrogens (tertiary/aromatic N) is 1. The number of carbonyl (C=O) groups is 2. The van der Waals surface area contributed by atoms with E-state index < -0.39 is 17.7 Å². The van der Waals surface area contributed by atoms with Gasteiger partial charge in [-0.25, -0.2) is 0 Å². The zero-order chi connectivity index (χ0) is 25.7. The molecule has 5 heteroatoms. The van der Waals surface area contributed by atoms with Crippen LogP contribution >= 0.6 is 0 Å². The third-order valence-electron chi connectivity index (χ3n) is 6.54. The summed E-state index contributed by atoms with van der Waals surface area (Å²) in [5, 5.41) is 11.3. The van der Waals surface area contributed by atoms with Crippen LogP contribution in [0.15, 0.2) is 84.4 Å². The third-order valence-corrected chi connectivity index (χ3v) is 6.54. The lowest BCUT2D eigenvalue weighted by Crippen LogP contribution is -2.31. The van der Waals surface area contributed by atoms with Gasteiger partial charge in [0.05, 0.1) is 18.2 Å². The minimum Gasteiger partial charge on any atom is -0.507 e. The van der Waals surface area contributed by atoms with Crippen molar-refractivity contribution in [2.24, 2.45) is 0 Å². The van der Waals surface area contributed by atoms with Gasteiger partial charge in [-0.05, 0) is 59.7 Å². The molecule has 186 valence electrons. The fourth-order valence-corrected chi connectivity index (χ4v) is 4.50. The van der Waals surface area contributed by atoms with Crippen molar-refractivity contribution in [1.29, 1.82) is 0 Å². The van der Waals surface area contributed by atoms with Crippen molar-refractivity contribution in [2.45, 2.75) is 45.6 Å². The van der Waals surface area contributed by atoms with E-state index in [-0.39, 0.29) is 11.3 Å². The molecule has 1 amide bonds. The maximum absolute atomic E-state index is 13.3. The largest absolute Gasteiger partial charge is 0.507 e. The Bertz CT molecular complexity index is 1230. The quantitative estimate of drug-likeness (QED) is 0.221. The Morgan fingerprint density at radius 2 is 1.61 bits per heavy atom. The van der Waals surface area contributed by atoms with Crippen LogP contribution in [0.2, 0.25) is 0 Å². The molecule has 0 aromatic heterocycles. The Morgan fingerprint density at radius 1 is 0.944 bits per heavy atom. The summed E-state index contributed by atoms with van der Waals surface area (Å²) in [6.07, 6.45) is 1.50. The van der Waals surface area contributed by atoms with Gasteiger partial charge in [0.1, 0.15) is 11.5 Å². The first-order valence-corrected chi connectivity index (χ1v) is 12.6. The number of aliphatic hydroxyl groups excluding tert-OH is 1. The standard InChI is InChI=1S/C31H33NO4/c1-4-20-36-26-16-14-25(15-17-26)29(33)27-28(24-12-10-23(11-13-24)21(2)3)32(31(35)30(27)34)19-18-22-8-6-5-7-9-22/h5-17,21,28,33H,4,18-20H2,1-3H3/b29-27+. The maximum atomic E-state index is 13.3. The highest BCUT2D eigenvalue weighted by molar-refractivity contribution is 6.46. The first kappa shape index (κ1) is 25.2. The summed E-state index contributed by atoms with van der Waals surface area (Å²) in [6.45, 7) is 7.24. The highest BCUT2D eigenvalue weighted by Crippen LogP contribution is 2.40. The molecule has 4 rings (SSSR count). The smallest absolute Gasteiger partial charge is 0.295 e. The second-order valence-electron chi connectivity index (χ2n) is 9.42. The summed E-state index contributed by atoms with van der Waals surface area (Å²) >= 11 is 0. The van der Waals surface area contributed by atoms with E-state index in [4.69, 9.17) is 4.74 Å². The molecule has 3 aromatic carbocycles. The molecule has 0 saturated carbocycles. The van der Waals surface area contributed by atoms with Gasteiger partial charge in [-0.15, -0.1) is 0 Å². The number of amides is 1. The van der Waals surface area contributed by atoms with Crippen LogP contribution in [-0.4, -0.2) is 34.8 Å². The van der Waals surface area contributed by atoms with E-state index in [0.29, 0.717) is 36.8 Å². The highest BCUT2D eigenvalue weighted by atomic mass is 16.5.